The predicted octanol–water partition coefficient (Wildman–Crippen LogP) is 4.77. The second-order valence-corrected chi connectivity index (χ2v) is 5.97. The normalized spacial score (nSPS) is 10.7. The maximum atomic E-state index is 13.1. The number of halogens is 1. The van der Waals surface area contributed by atoms with Gasteiger partial charge in [0, 0.05) is 17.7 Å². The van der Waals surface area contributed by atoms with Crippen LogP contribution in [-0.2, 0) is 6.61 Å². The molecular weight excluding hydrogens is 377 g/mol. The van der Waals surface area contributed by atoms with Gasteiger partial charge in [-0.3, -0.25) is 15.5 Å². The van der Waals surface area contributed by atoms with Crippen molar-refractivity contribution < 1.29 is 18.8 Å². The number of nitro groups is 1. The number of para-hydroxylation sites is 1. The second kappa shape index (κ2) is 9.32. The van der Waals surface area contributed by atoms with E-state index in [4.69, 9.17) is 9.47 Å². The molecule has 0 amide bonds. The summed E-state index contributed by atoms with van der Waals surface area (Å²) in [5.41, 5.74) is 4.89. The third kappa shape index (κ3) is 5.29. The lowest BCUT2D eigenvalue weighted by Gasteiger charge is -2.13. The number of rotatable bonds is 8. The number of nitrogens with zero attached hydrogens (tertiary/aromatic N) is 2. The highest BCUT2D eigenvalue weighted by molar-refractivity contribution is 5.85. The van der Waals surface area contributed by atoms with Crippen molar-refractivity contribution in [3.05, 3.63) is 93.8 Å². The molecule has 0 saturated heterocycles. The van der Waals surface area contributed by atoms with E-state index < -0.39 is 4.92 Å². The van der Waals surface area contributed by atoms with Crippen molar-refractivity contribution in [2.75, 3.05) is 12.5 Å². The zero-order valence-electron chi connectivity index (χ0n) is 15.5. The zero-order valence-corrected chi connectivity index (χ0v) is 15.5. The Morgan fingerprint density at radius 1 is 1.10 bits per heavy atom. The Kier molecular flexibility index (Phi) is 6.36. The van der Waals surface area contributed by atoms with Crippen molar-refractivity contribution in [3.8, 4) is 11.5 Å². The van der Waals surface area contributed by atoms with E-state index in [1.165, 1.54) is 31.4 Å². The number of nitrogens with one attached hydrogen (secondary N) is 1. The van der Waals surface area contributed by atoms with Crippen LogP contribution in [0.3, 0.4) is 0 Å². The van der Waals surface area contributed by atoms with Gasteiger partial charge >= 0.3 is 0 Å². The highest BCUT2D eigenvalue weighted by Gasteiger charge is 2.10. The van der Waals surface area contributed by atoms with Crippen LogP contribution in [0.4, 0.5) is 15.8 Å². The van der Waals surface area contributed by atoms with Gasteiger partial charge in [0.15, 0.2) is 11.5 Å². The molecular formula is C21H18FN3O4. The molecule has 1 N–H and O–H groups in total. The van der Waals surface area contributed by atoms with Crippen molar-refractivity contribution in [3.63, 3.8) is 0 Å². The Bertz CT molecular complexity index is 1010. The number of non-ortho nitro benzene ring substituents is 1. The van der Waals surface area contributed by atoms with Crippen LogP contribution < -0.4 is 14.9 Å². The molecule has 0 unspecified atom stereocenters. The van der Waals surface area contributed by atoms with Gasteiger partial charge in [0.05, 0.1) is 23.9 Å². The molecule has 148 valence electrons. The van der Waals surface area contributed by atoms with Gasteiger partial charge < -0.3 is 9.47 Å². The lowest BCUT2D eigenvalue weighted by molar-refractivity contribution is -0.384. The van der Waals surface area contributed by atoms with E-state index in [1.807, 2.05) is 6.07 Å². The topological polar surface area (TPSA) is 86.0 Å². The van der Waals surface area contributed by atoms with Crippen molar-refractivity contribution in [2.45, 2.75) is 6.61 Å². The minimum Gasteiger partial charge on any atom is -0.493 e. The summed E-state index contributed by atoms with van der Waals surface area (Å²) >= 11 is 0. The van der Waals surface area contributed by atoms with Crippen molar-refractivity contribution >= 4 is 17.6 Å². The average Bonchev–Trinajstić information content (AvgIpc) is 2.74. The van der Waals surface area contributed by atoms with Gasteiger partial charge in [-0.2, -0.15) is 5.10 Å². The summed E-state index contributed by atoms with van der Waals surface area (Å²) in [6.07, 6.45) is 1.56. The van der Waals surface area contributed by atoms with E-state index in [2.05, 4.69) is 10.5 Å². The van der Waals surface area contributed by atoms with Gasteiger partial charge in [0.1, 0.15) is 12.4 Å². The van der Waals surface area contributed by atoms with Gasteiger partial charge in [0.2, 0.25) is 0 Å². The zero-order chi connectivity index (χ0) is 20.6. The second-order valence-electron chi connectivity index (χ2n) is 5.97. The molecule has 0 saturated carbocycles. The van der Waals surface area contributed by atoms with Gasteiger partial charge in [-0.1, -0.05) is 18.2 Å². The summed E-state index contributed by atoms with van der Waals surface area (Å²) in [5, 5.41) is 14.9. The fourth-order valence-corrected chi connectivity index (χ4v) is 2.52. The molecule has 0 aliphatic rings. The number of hydrogen-bond donors (Lipinski definition) is 1. The molecule has 0 heterocycles. The summed E-state index contributed by atoms with van der Waals surface area (Å²) in [4.78, 5) is 10.2. The lowest BCUT2D eigenvalue weighted by Crippen LogP contribution is -2.01. The summed E-state index contributed by atoms with van der Waals surface area (Å²) in [5.74, 6) is 0.719. The third-order valence-electron chi connectivity index (χ3n) is 4.00. The molecule has 0 spiro atoms. The smallest absolute Gasteiger partial charge is 0.269 e. The van der Waals surface area contributed by atoms with E-state index in [1.54, 1.807) is 42.6 Å². The van der Waals surface area contributed by atoms with Gasteiger partial charge in [0.25, 0.3) is 5.69 Å². The first kappa shape index (κ1) is 19.8. The van der Waals surface area contributed by atoms with Crippen LogP contribution in [0, 0.1) is 15.9 Å². The van der Waals surface area contributed by atoms with Gasteiger partial charge in [-0.05, 0) is 42.0 Å². The minimum atomic E-state index is -0.464. The van der Waals surface area contributed by atoms with Crippen LogP contribution in [0.2, 0.25) is 0 Å². The van der Waals surface area contributed by atoms with Crippen LogP contribution in [0.25, 0.3) is 0 Å². The maximum absolute atomic E-state index is 13.1. The van der Waals surface area contributed by atoms with Crippen LogP contribution >= 0.6 is 0 Å². The molecule has 29 heavy (non-hydrogen) atoms. The molecule has 3 rings (SSSR count). The number of methoxy groups -OCH3 is 1. The van der Waals surface area contributed by atoms with Crippen molar-refractivity contribution in [1.29, 1.82) is 0 Å². The number of nitro benzene ring substituents is 1. The highest BCUT2D eigenvalue weighted by atomic mass is 19.1. The van der Waals surface area contributed by atoms with Gasteiger partial charge in [-0.25, -0.2) is 4.39 Å². The molecule has 0 fully saturated rings. The molecule has 0 aliphatic carbocycles. The SMILES string of the molecule is COc1cccc(C=NNc2ccc([N+](=O)[O-])cc2)c1OCc1ccc(F)cc1. The van der Waals surface area contributed by atoms with E-state index in [0.717, 1.165) is 5.56 Å². The molecule has 0 aromatic heterocycles. The highest BCUT2D eigenvalue weighted by Crippen LogP contribution is 2.31. The van der Waals surface area contributed by atoms with Crippen LogP contribution in [0.1, 0.15) is 11.1 Å². The Morgan fingerprint density at radius 3 is 2.48 bits per heavy atom. The van der Waals surface area contributed by atoms with E-state index in [9.17, 15) is 14.5 Å². The monoisotopic (exact) mass is 395 g/mol. The first-order chi connectivity index (χ1) is 14.1. The molecule has 7 nitrogen and oxygen atoms in total. The maximum Gasteiger partial charge on any atom is 0.269 e. The molecule has 8 heteroatoms. The van der Waals surface area contributed by atoms with Crippen molar-refractivity contribution in [1.82, 2.24) is 0 Å². The summed E-state index contributed by atoms with van der Waals surface area (Å²) in [6, 6.07) is 17.3. The Morgan fingerprint density at radius 2 is 1.83 bits per heavy atom. The van der Waals surface area contributed by atoms with Crippen LogP contribution in [0.5, 0.6) is 11.5 Å². The van der Waals surface area contributed by atoms with Gasteiger partial charge in [-0.15, -0.1) is 0 Å². The lowest BCUT2D eigenvalue weighted by atomic mass is 10.2. The number of ether oxygens (including phenoxy) is 2. The summed E-state index contributed by atoms with van der Waals surface area (Å²) < 4.78 is 24.3. The predicted molar refractivity (Wildman–Crippen MR) is 108 cm³/mol. The fraction of sp³-hybridized carbons (Fsp3) is 0.0952. The Balaban J connectivity index is 1.73. The minimum absolute atomic E-state index is 0.00352. The first-order valence-corrected chi connectivity index (χ1v) is 8.64. The standard InChI is InChI=1S/C21H18FN3O4/c1-28-20-4-2-3-16(21(20)29-14-15-5-7-17(22)8-6-15)13-23-24-18-9-11-19(12-10-18)25(26)27/h2-13,24H,14H2,1H3. The molecule has 0 radical (unpaired) electrons. The number of anilines is 1. The Hall–Kier alpha value is -3.94. The fourth-order valence-electron chi connectivity index (χ4n) is 2.52. The number of hydrogen-bond acceptors (Lipinski definition) is 6. The molecule has 3 aromatic carbocycles. The quantitative estimate of drug-likeness (QED) is 0.337. The third-order valence-corrected chi connectivity index (χ3v) is 4.00. The van der Waals surface area contributed by atoms with E-state index in [-0.39, 0.29) is 18.1 Å². The molecule has 3 aromatic rings. The number of benzene rings is 3. The summed E-state index contributed by atoms with van der Waals surface area (Å²) in [6.45, 7) is 0.233. The molecule has 0 atom stereocenters. The van der Waals surface area contributed by atoms with Crippen molar-refractivity contribution in [2.24, 2.45) is 5.10 Å². The van der Waals surface area contributed by atoms with Crippen LogP contribution in [-0.4, -0.2) is 18.2 Å². The average molecular weight is 395 g/mol. The molecule has 0 aliphatic heterocycles. The molecule has 0 bridgehead atoms. The Labute approximate surface area is 166 Å². The number of hydrazone groups is 1. The van der Waals surface area contributed by atoms with E-state index >= 15 is 0 Å². The van der Waals surface area contributed by atoms with E-state index in [0.29, 0.717) is 22.7 Å². The van der Waals surface area contributed by atoms with Crippen LogP contribution in [0.15, 0.2) is 71.8 Å². The largest absolute Gasteiger partial charge is 0.493 e. The first-order valence-electron chi connectivity index (χ1n) is 8.64. The summed E-state index contributed by atoms with van der Waals surface area (Å²) in [7, 11) is 1.54.